The molecule has 0 bridgehead atoms. The summed E-state index contributed by atoms with van der Waals surface area (Å²) in [5.41, 5.74) is 4.60. The second kappa shape index (κ2) is 2.82. The molecule has 5 heteroatoms. The molecule has 0 amide bonds. The van der Waals surface area contributed by atoms with Gasteiger partial charge in [-0.15, -0.1) is 5.10 Å². The van der Waals surface area contributed by atoms with Crippen molar-refractivity contribution in [3.05, 3.63) is 11.3 Å². The van der Waals surface area contributed by atoms with Gasteiger partial charge in [0.05, 0.1) is 18.9 Å². The van der Waals surface area contributed by atoms with Crippen LogP contribution in [0.5, 0.6) is 0 Å². The molecule has 2 rings (SSSR count). The van der Waals surface area contributed by atoms with Crippen LogP contribution in [0.2, 0.25) is 0 Å². The van der Waals surface area contributed by atoms with Crippen LogP contribution in [-0.4, -0.2) is 25.4 Å². The maximum Gasteiger partial charge on any atom is 0.282 e. The molecule has 0 saturated carbocycles. The largest absolute Gasteiger partial charge is 0.376 e. The average Bonchev–Trinajstić information content (AvgIpc) is 2.47. The molecule has 2 aliphatic heterocycles. The van der Waals surface area contributed by atoms with Gasteiger partial charge in [0.25, 0.3) is 6.43 Å². The number of hydrogen-bond acceptors (Lipinski definition) is 2. The average molecular weight is 173 g/mol. The topological polar surface area (TPSA) is 35.7 Å². The Bertz CT molecular complexity index is 260. The highest BCUT2D eigenvalue weighted by Gasteiger charge is 2.29. The van der Waals surface area contributed by atoms with Crippen molar-refractivity contribution in [1.29, 1.82) is 0 Å². The predicted octanol–water partition coefficient (Wildman–Crippen LogP) is 0.900. The van der Waals surface area contributed by atoms with E-state index in [9.17, 15) is 8.78 Å². The number of nitrogens with zero attached hydrogens (tertiary/aromatic N) is 2. The van der Waals surface area contributed by atoms with E-state index in [2.05, 4.69) is 10.5 Å². The Balaban J connectivity index is 2.23. The standard InChI is InChI=1S/C7H7F2N2O/c8-7(9)6-4-3-12-2-1-5(4)10-11-6/h7H,1-3H2. The van der Waals surface area contributed by atoms with Crippen LogP contribution < -0.4 is 5.43 Å². The molecule has 0 saturated heterocycles. The van der Waals surface area contributed by atoms with Gasteiger partial charge >= 0.3 is 0 Å². The summed E-state index contributed by atoms with van der Waals surface area (Å²) in [7, 11) is 0. The Morgan fingerprint density at radius 3 is 3.00 bits per heavy atom. The van der Waals surface area contributed by atoms with Crippen molar-refractivity contribution in [2.45, 2.75) is 12.8 Å². The Labute approximate surface area is 68.1 Å². The number of halogens is 2. The van der Waals surface area contributed by atoms with Crippen LogP contribution >= 0.6 is 0 Å². The van der Waals surface area contributed by atoms with Gasteiger partial charge in [-0.3, -0.25) is 0 Å². The summed E-state index contributed by atoms with van der Waals surface area (Å²) in [4.78, 5) is 0. The second-order valence-electron chi connectivity index (χ2n) is 2.61. The molecule has 2 heterocycles. The lowest BCUT2D eigenvalue weighted by atomic mass is 10.1. The molecule has 0 N–H and O–H groups in total. The predicted molar refractivity (Wildman–Crippen MR) is 38.0 cm³/mol. The van der Waals surface area contributed by atoms with Crippen molar-refractivity contribution < 1.29 is 13.5 Å². The van der Waals surface area contributed by atoms with Gasteiger partial charge in [-0.1, -0.05) is 0 Å². The van der Waals surface area contributed by atoms with Gasteiger partial charge in [0, 0.05) is 12.0 Å². The van der Waals surface area contributed by atoms with Crippen LogP contribution in [0.25, 0.3) is 0 Å². The van der Waals surface area contributed by atoms with E-state index in [1.165, 1.54) is 0 Å². The van der Waals surface area contributed by atoms with E-state index in [4.69, 9.17) is 4.74 Å². The highest BCUT2D eigenvalue weighted by molar-refractivity contribution is 6.04. The van der Waals surface area contributed by atoms with Crippen LogP contribution in [0.15, 0.2) is 16.4 Å². The van der Waals surface area contributed by atoms with Gasteiger partial charge in [0.15, 0.2) is 0 Å². The molecule has 0 spiro atoms. The van der Waals surface area contributed by atoms with Gasteiger partial charge in [-0.2, -0.15) is 5.43 Å². The summed E-state index contributed by atoms with van der Waals surface area (Å²) in [6.07, 6.45) is -1.95. The minimum absolute atomic E-state index is 0.218. The van der Waals surface area contributed by atoms with Crippen LogP contribution in [0, 0.1) is 0 Å². The van der Waals surface area contributed by atoms with E-state index < -0.39 is 6.43 Å². The molecule has 0 aromatic carbocycles. The lowest BCUT2D eigenvalue weighted by Crippen LogP contribution is -2.19. The fraction of sp³-hybridized carbons (Fsp3) is 0.571. The fourth-order valence-corrected chi connectivity index (χ4v) is 1.26. The van der Waals surface area contributed by atoms with Gasteiger partial charge in [-0.05, 0) is 0 Å². The van der Waals surface area contributed by atoms with E-state index >= 15 is 0 Å². The van der Waals surface area contributed by atoms with E-state index in [0.29, 0.717) is 24.3 Å². The molecule has 0 aromatic heterocycles. The first-order valence-electron chi connectivity index (χ1n) is 3.66. The van der Waals surface area contributed by atoms with E-state index in [1.54, 1.807) is 0 Å². The molecule has 0 atom stereocenters. The van der Waals surface area contributed by atoms with Crippen molar-refractivity contribution in [2.75, 3.05) is 13.2 Å². The SMILES string of the molecule is FC(F)C1=N[N]C2=C1COCC2. The first kappa shape index (κ1) is 7.67. The number of ether oxygens (including phenoxy) is 1. The molecule has 0 aliphatic carbocycles. The molecule has 2 aliphatic rings. The summed E-state index contributed by atoms with van der Waals surface area (Å²) in [6, 6.07) is 0. The Kier molecular flexibility index (Phi) is 1.80. The van der Waals surface area contributed by atoms with Gasteiger partial charge in [-0.25, -0.2) is 8.78 Å². The maximum absolute atomic E-state index is 12.2. The minimum Gasteiger partial charge on any atom is -0.376 e. The molecule has 12 heavy (non-hydrogen) atoms. The normalized spacial score (nSPS) is 22.4. The van der Waals surface area contributed by atoms with E-state index in [1.807, 2.05) is 0 Å². The third kappa shape index (κ3) is 1.10. The summed E-state index contributed by atoms with van der Waals surface area (Å²) in [6.45, 7) is 0.774. The maximum atomic E-state index is 12.2. The zero-order chi connectivity index (χ0) is 8.55. The molecule has 1 radical (unpaired) electrons. The van der Waals surface area contributed by atoms with E-state index in [-0.39, 0.29) is 12.3 Å². The summed E-state index contributed by atoms with van der Waals surface area (Å²) >= 11 is 0. The van der Waals surface area contributed by atoms with Crippen molar-refractivity contribution >= 4 is 5.71 Å². The molecule has 0 aromatic rings. The molecular formula is C7H7F2N2O. The second-order valence-corrected chi connectivity index (χ2v) is 2.61. The van der Waals surface area contributed by atoms with Crippen molar-refractivity contribution in [2.24, 2.45) is 5.10 Å². The zero-order valence-electron chi connectivity index (χ0n) is 6.26. The van der Waals surface area contributed by atoms with Crippen LogP contribution in [0.3, 0.4) is 0 Å². The van der Waals surface area contributed by atoms with Crippen LogP contribution in [0.4, 0.5) is 8.78 Å². The monoisotopic (exact) mass is 173 g/mol. The van der Waals surface area contributed by atoms with Crippen molar-refractivity contribution in [3.63, 3.8) is 0 Å². The molecule has 65 valence electrons. The summed E-state index contributed by atoms with van der Waals surface area (Å²) in [5.74, 6) is 0. The van der Waals surface area contributed by atoms with Crippen LogP contribution in [0.1, 0.15) is 6.42 Å². The highest BCUT2D eigenvalue weighted by Crippen LogP contribution is 2.23. The first-order valence-corrected chi connectivity index (χ1v) is 3.66. The summed E-state index contributed by atoms with van der Waals surface area (Å²) in [5, 5.41) is 3.42. The lowest BCUT2D eigenvalue weighted by molar-refractivity contribution is 0.147. The third-order valence-electron chi connectivity index (χ3n) is 1.87. The van der Waals surface area contributed by atoms with Gasteiger partial charge in [0.1, 0.15) is 5.71 Å². The van der Waals surface area contributed by atoms with Crippen molar-refractivity contribution in [1.82, 2.24) is 5.43 Å². The Morgan fingerprint density at radius 2 is 2.25 bits per heavy atom. The molecular weight excluding hydrogens is 166 g/mol. The fourth-order valence-electron chi connectivity index (χ4n) is 1.26. The summed E-state index contributed by atoms with van der Waals surface area (Å²) < 4.78 is 29.5. The quantitative estimate of drug-likeness (QED) is 0.580. The van der Waals surface area contributed by atoms with Crippen LogP contribution in [-0.2, 0) is 4.74 Å². The third-order valence-corrected chi connectivity index (χ3v) is 1.87. The number of rotatable bonds is 1. The molecule has 0 fully saturated rings. The molecule has 0 unspecified atom stereocenters. The highest BCUT2D eigenvalue weighted by atomic mass is 19.3. The first-order chi connectivity index (χ1) is 5.79. The smallest absolute Gasteiger partial charge is 0.282 e. The van der Waals surface area contributed by atoms with Crippen molar-refractivity contribution in [3.8, 4) is 0 Å². The molecule has 3 nitrogen and oxygen atoms in total. The minimum atomic E-state index is -2.54. The number of hydrogen-bond donors (Lipinski definition) is 0. The number of alkyl halides is 2. The Morgan fingerprint density at radius 1 is 1.42 bits per heavy atom. The lowest BCUT2D eigenvalue weighted by Gasteiger charge is -2.13. The van der Waals surface area contributed by atoms with E-state index in [0.717, 1.165) is 0 Å². The van der Waals surface area contributed by atoms with Gasteiger partial charge < -0.3 is 4.74 Å². The Hall–Kier alpha value is -0.970. The zero-order valence-corrected chi connectivity index (χ0v) is 6.26. The van der Waals surface area contributed by atoms with Gasteiger partial charge in [0.2, 0.25) is 0 Å².